The number of aromatic amines is 1. The monoisotopic (exact) mass is 399 g/mol. The van der Waals surface area contributed by atoms with Crippen molar-refractivity contribution in [2.24, 2.45) is 5.92 Å². The summed E-state index contributed by atoms with van der Waals surface area (Å²) >= 11 is 0. The fraction of sp³-hybridized carbons (Fsp3) is 0.524. The van der Waals surface area contributed by atoms with Crippen LogP contribution in [0, 0.1) is 5.92 Å². The van der Waals surface area contributed by atoms with Crippen molar-refractivity contribution in [2.75, 3.05) is 32.1 Å². The van der Waals surface area contributed by atoms with Gasteiger partial charge in [0.05, 0.1) is 17.0 Å². The summed E-state index contributed by atoms with van der Waals surface area (Å²) in [5, 5.41) is 0.988. The number of fused-ring (bicyclic) bond motifs is 1. The molecule has 2 atom stereocenters. The van der Waals surface area contributed by atoms with Crippen LogP contribution in [-0.2, 0) is 9.63 Å². The van der Waals surface area contributed by atoms with Crippen LogP contribution in [0.25, 0.3) is 11.0 Å². The number of amides is 1. The third-order valence-corrected chi connectivity index (χ3v) is 5.70. The number of hydrogen-bond acceptors (Lipinski definition) is 5. The lowest BCUT2D eigenvalue weighted by Gasteiger charge is -2.42. The zero-order chi connectivity index (χ0) is 21.1. The minimum Gasteiger partial charge on any atom is -0.354 e. The highest BCUT2D eigenvalue weighted by Gasteiger charge is 2.34. The van der Waals surface area contributed by atoms with Gasteiger partial charge in [-0.3, -0.25) is 4.79 Å². The Morgan fingerprint density at radius 3 is 2.93 bits per heavy atom. The van der Waals surface area contributed by atoms with Crippen molar-refractivity contribution >= 4 is 29.5 Å². The zero-order valence-corrected chi connectivity index (χ0v) is 18.0. The van der Waals surface area contributed by atoms with Crippen LogP contribution in [0.5, 0.6) is 0 Å². The predicted molar refractivity (Wildman–Crippen MR) is 114 cm³/mol. The van der Waals surface area contributed by atoms with E-state index < -0.39 is 0 Å². The molecule has 1 fully saturated rings. The Hall–Kier alpha value is -2.90. The third-order valence-electron chi connectivity index (χ3n) is 5.70. The molecule has 2 unspecified atom stereocenters. The van der Waals surface area contributed by atoms with E-state index in [0.717, 1.165) is 29.8 Å². The van der Waals surface area contributed by atoms with Crippen LogP contribution >= 0.6 is 0 Å². The molecule has 1 saturated heterocycles. The van der Waals surface area contributed by atoms with Crippen LogP contribution in [0.15, 0.2) is 29.9 Å². The fourth-order valence-electron chi connectivity index (χ4n) is 3.98. The van der Waals surface area contributed by atoms with Gasteiger partial charge in [0.25, 0.3) is 5.91 Å². The normalized spacial score (nSPS) is 20.4. The Morgan fingerprint density at radius 1 is 1.48 bits per heavy atom. The van der Waals surface area contributed by atoms with Gasteiger partial charge in [0.15, 0.2) is 19.5 Å². The highest BCUT2D eigenvalue weighted by molar-refractivity contribution is 5.93. The van der Waals surface area contributed by atoms with Gasteiger partial charge in [-0.25, -0.2) is 14.8 Å². The van der Waals surface area contributed by atoms with Gasteiger partial charge in [0.2, 0.25) is 0 Å². The van der Waals surface area contributed by atoms with Crippen molar-refractivity contribution in [2.45, 2.75) is 39.7 Å². The quantitative estimate of drug-likeness (QED) is 0.266. The molecule has 8 heteroatoms. The minimum absolute atomic E-state index is 0.0171. The molecule has 8 nitrogen and oxygen atoms in total. The molecule has 0 aliphatic carbocycles. The number of anilines is 1. The molecule has 3 heterocycles. The van der Waals surface area contributed by atoms with Crippen LogP contribution in [0.1, 0.15) is 33.6 Å². The number of allylic oxidation sites excluding steroid dienone is 1. The molecule has 156 valence electrons. The van der Waals surface area contributed by atoms with Gasteiger partial charge in [-0.2, -0.15) is 0 Å². The SMILES string of the molecule is C=[N+](C)OC(CC)=C(C)C(=O)N1CCC(C)C(N(C)c2ncnc3[nH]ccc23)C1. The number of piperidine rings is 1. The predicted octanol–water partition coefficient (Wildman–Crippen LogP) is 2.59. The molecule has 29 heavy (non-hydrogen) atoms. The van der Waals surface area contributed by atoms with Gasteiger partial charge in [0.1, 0.15) is 17.8 Å². The maximum Gasteiger partial charge on any atom is 0.253 e. The van der Waals surface area contributed by atoms with Crippen LogP contribution in [0.3, 0.4) is 0 Å². The number of likely N-dealkylation sites (tertiary alicyclic amines) is 1. The van der Waals surface area contributed by atoms with Gasteiger partial charge in [0, 0.05) is 32.8 Å². The van der Waals surface area contributed by atoms with Gasteiger partial charge in [-0.15, -0.1) is 0 Å². The molecule has 0 saturated carbocycles. The van der Waals surface area contributed by atoms with E-state index in [2.05, 4.69) is 33.5 Å². The first kappa shape index (κ1) is 20.8. The second-order valence-electron chi connectivity index (χ2n) is 7.75. The number of likely N-dealkylation sites (N-methyl/N-ethyl adjacent to an activating group) is 1. The van der Waals surface area contributed by atoms with Crippen molar-refractivity contribution in [3.8, 4) is 0 Å². The molecule has 3 rings (SSSR count). The first-order valence-corrected chi connectivity index (χ1v) is 10.1. The molecule has 1 aliphatic rings. The number of carbonyl (C=O) groups is 1. The van der Waals surface area contributed by atoms with E-state index in [-0.39, 0.29) is 11.9 Å². The van der Waals surface area contributed by atoms with Gasteiger partial charge >= 0.3 is 0 Å². The average Bonchev–Trinajstić information content (AvgIpc) is 3.19. The van der Waals surface area contributed by atoms with Crippen molar-refractivity contribution < 1.29 is 14.4 Å². The van der Waals surface area contributed by atoms with Crippen molar-refractivity contribution in [1.82, 2.24) is 19.9 Å². The summed E-state index contributed by atoms with van der Waals surface area (Å²) in [4.78, 5) is 34.8. The van der Waals surface area contributed by atoms with Crippen LogP contribution in [0.4, 0.5) is 5.82 Å². The van der Waals surface area contributed by atoms with E-state index in [1.54, 1.807) is 13.4 Å². The van der Waals surface area contributed by atoms with E-state index in [9.17, 15) is 4.79 Å². The molecule has 2 aromatic rings. The fourth-order valence-corrected chi connectivity index (χ4v) is 3.98. The second kappa shape index (κ2) is 8.63. The van der Waals surface area contributed by atoms with Crippen LogP contribution in [0.2, 0.25) is 0 Å². The number of aromatic nitrogens is 3. The summed E-state index contributed by atoms with van der Waals surface area (Å²) in [7, 11) is 3.76. The summed E-state index contributed by atoms with van der Waals surface area (Å²) < 4.78 is 1.38. The Kier molecular flexibility index (Phi) is 6.20. The summed E-state index contributed by atoms with van der Waals surface area (Å²) in [6.45, 7) is 11.1. The van der Waals surface area contributed by atoms with E-state index >= 15 is 0 Å². The Labute approximate surface area is 171 Å². The molecule has 0 aromatic carbocycles. The molecule has 0 bridgehead atoms. The number of nitrogens with one attached hydrogen (secondary N) is 1. The lowest BCUT2D eigenvalue weighted by atomic mass is 9.91. The Morgan fingerprint density at radius 2 is 2.24 bits per heavy atom. The number of hydroxylamine groups is 1. The molecular formula is C21H31N6O2+. The van der Waals surface area contributed by atoms with Gasteiger partial charge in [-0.1, -0.05) is 13.8 Å². The van der Waals surface area contributed by atoms with Crippen LogP contribution < -0.4 is 4.90 Å². The smallest absolute Gasteiger partial charge is 0.253 e. The molecule has 0 radical (unpaired) electrons. The van der Waals surface area contributed by atoms with Crippen molar-refractivity contribution in [3.63, 3.8) is 0 Å². The lowest BCUT2D eigenvalue weighted by Crippen LogP contribution is -2.53. The maximum atomic E-state index is 13.2. The van der Waals surface area contributed by atoms with E-state index in [1.165, 1.54) is 4.74 Å². The van der Waals surface area contributed by atoms with E-state index in [4.69, 9.17) is 4.84 Å². The Balaban J connectivity index is 1.83. The second-order valence-corrected chi connectivity index (χ2v) is 7.75. The number of rotatable bonds is 6. The van der Waals surface area contributed by atoms with E-state index in [0.29, 0.717) is 30.2 Å². The lowest BCUT2D eigenvalue weighted by molar-refractivity contribution is -0.748. The summed E-state index contributed by atoms with van der Waals surface area (Å²) in [6.07, 6.45) is 5.02. The van der Waals surface area contributed by atoms with Gasteiger partial charge in [-0.05, 0) is 30.1 Å². The third kappa shape index (κ3) is 4.26. The van der Waals surface area contributed by atoms with Crippen LogP contribution in [-0.4, -0.2) is 70.4 Å². The molecule has 0 spiro atoms. The summed E-state index contributed by atoms with van der Waals surface area (Å²) in [6, 6.07) is 2.15. The first-order chi connectivity index (χ1) is 13.8. The average molecular weight is 400 g/mol. The highest BCUT2D eigenvalue weighted by atomic mass is 16.7. The molecule has 1 amide bonds. The topological polar surface area (TPSA) is 77.4 Å². The largest absolute Gasteiger partial charge is 0.354 e. The number of hydrogen-bond donors (Lipinski definition) is 1. The number of carbonyl (C=O) groups excluding carboxylic acids is 1. The van der Waals surface area contributed by atoms with Crippen molar-refractivity contribution in [1.29, 1.82) is 0 Å². The van der Waals surface area contributed by atoms with Gasteiger partial charge < -0.3 is 14.8 Å². The zero-order valence-electron chi connectivity index (χ0n) is 18.0. The number of nitrogens with zero attached hydrogens (tertiary/aromatic N) is 5. The van der Waals surface area contributed by atoms with E-state index in [1.807, 2.05) is 38.1 Å². The Bertz CT molecular complexity index is 934. The number of H-pyrrole nitrogens is 1. The summed E-state index contributed by atoms with van der Waals surface area (Å²) in [5.74, 6) is 1.99. The molecule has 2 aromatic heterocycles. The highest BCUT2D eigenvalue weighted by Crippen LogP contribution is 2.29. The van der Waals surface area contributed by atoms with Crippen molar-refractivity contribution in [3.05, 3.63) is 29.9 Å². The molecule has 1 aliphatic heterocycles. The molecule has 1 N–H and O–H groups in total. The standard InChI is InChI=1S/C21H31N6O2/c1-7-18(29-25(4)5)15(3)21(28)27-11-9-14(2)17(12-27)26(6)20-16-8-10-22-19(16)23-13-24-20/h8,10,13-14,17H,4,7,9,11-12H2,1-3,5-6H3,(H,22,23,24)/q+1. The maximum absolute atomic E-state index is 13.2. The first-order valence-electron chi connectivity index (χ1n) is 10.1. The minimum atomic E-state index is 0.0171. The molecular weight excluding hydrogens is 368 g/mol. The summed E-state index contributed by atoms with van der Waals surface area (Å²) in [5.41, 5.74) is 1.45.